The van der Waals surface area contributed by atoms with Crippen molar-refractivity contribution in [3.05, 3.63) is 24.0 Å². The zero-order chi connectivity index (χ0) is 15.4. The first-order valence-corrected chi connectivity index (χ1v) is 7.19. The highest BCUT2D eigenvalue weighted by atomic mass is 19.1. The molecule has 2 rings (SSSR count). The predicted octanol–water partition coefficient (Wildman–Crippen LogP) is 1.37. The molecule has 0 spiro atoms. The lowest BCUT2D eigenvalue weighted by molar-refractivity contribution is -0.117. The molecule has 1 aliphatic rings. The van der Waals surface area contributed by atoms with Gasteiger partial charge in [0.1, 0.15) is 5.82 Å². The maximum Gasteiger partial charge on any atom is 0.238 e. The molecule has 0 bridgehead atoms. The number of nitrogens with zero attached hydrogens (tertiary/aromatic N) is 2. The highest BCUT2D eigenvalue weighted by molar-refractivity contribution is 5.92. The fraction of sp³-hybridized carbons (Fsp3) is 0.533. The number of likely N-dealkylation sites (N-methyl/N-ethyl adjacent to an activating group) is 1. The number of likely N-dealkylation sites (tertiary alicyclic amines) is 1. The zero-order valence-corrected chi connectivity index (χ0v) is 12.6. The molecule has 0 saturated carbocycles. The Hall–Kier alpha value is -1.66. The van der Waals surface area contributed by atoms with Crippen LogP contribution in [0, 0.1) is 5.82 Å². The van der Waals surface area contributed by atoms with Gasteiger partial charge in [0.2, 0.25) is 5.91 Å². The van der Waals surface area contributed by atoms with E-state index in [4.69, 9.17) is 5.73 Å². The molecule has 1 aliphatic heterocycles. The molecule has 1 unspecified atom stereocenters. The maximum atomic E-state index is 13.6. The average molecular weight is 294 g/mol. The van der Waals surface area contributed by atoms with Gasteiger partial charge in [-0.1, -0.05) is 0 Å². The predicted molar refractivity (Wildman–Crippen MR) is 82.6 cm³/mol. The quantitative estimate of drug-likeness (QED) is 0.824. The van der Waals surface area contributed by atoms with Crippen molar-refractivity contribution >= 4 is 17.3 Å². The van der Waals surface area contributed by atoms with Crippen molar-refractivity contribution in [3.8, 4) is 0 Å². The number of halogens is 1. The van der Waals surface area contributed by atoms with Crippen molar-refractivity contribution in [2.45, 2.75) is 18.9 Å². The van der Waals surface area contributed by atoms with Crippen LogP contribution in [0.1, 0.15) is 12.8 Å². The third kappa shape index (κ3) is 4.41. The molecule has 116 valence electrons. The van der Waals surface area contributed by atoms with Crippen LogP contribution in [0.2, 0.25) is 0 Å². The van der Waals surface area contributed by atoms with E-state index in [0.29, 0.717) is 11.7 Å². The summed E-state index contributed by atoms with van der Waals surface area (Å²) in [6, 6.07) is 4.63. The van der Waals surface area contributed by atoms with Gasteiger partial charge in [0, 0.05) is 18.3 Å². The summed E-state index contributed by atoms with van der Waals surface area (Å²) in [6.45, 7) is 2.04. The van der Waals surface area contributed by atoms with Gasteiger partial charge in [-0.3, -0.25) is 9.69 Å². The van der Waals surface area contributed by atoms with E-state index in [0.717, 1.165) is 25.9 Å². The number of carbonyl (C=O) groups excluding carboxylic acids is 1. The first-order valence-electron chi connectivity index (χ1n) is 7.19. The van der Waals surface area contributed by atoms with Crippen molar-refractivity contribution in [1.82, 2.24) is 9.80 Å². The van der Waals surface area contributed by atoms with Gasteiger partial charge in [-0.2, -0.15) is 0 Å². The van der Waals surface area contributed by atoms with Crippen LogP contribution in [-0.4, -0.2) is 55.5 Å². The van der Waals surface area contributed by atoms with Crippen LogP contribution in [0.3, 0.4) is 0 Å². The molecular weight excluding hydrogens is 271 g/mol. The molecule has 1 aromatic rings. The molecule has 1 amide bonds. The van der Waals surface area contributed by atoms with Gasteiger partial charge in [0.05, 0.1) is 12.2 Å². The van der Waals surface area contributed by atoms with Crippen LogP contribution < -0.4 is 11.1 Å². The number of anilines is 2. The second-order valence-corrected chi connectivity index (χ2v) is 5.78. The van der Waals surface area contributed by atoms with Crippen LogP contribution in [-0.2, 0) is 4.79 Å². The number of hydrogen-bond acceptors (Lipinski definition) is 4. The number of amides is 1. The van der Waals surface area contributed by atoms with E-state index in [-0.39, 0.29) is 18.1 Å². The Morgan fingerprint density at radius 1 is 1.52 bits per heavy atom. The molecule has 1 heterocycles. The smallest absolute Gasteiger partial charge is 0.238 e. The molecule has 1 atom stereocenters. The molecule has 6 heteroatoms. The number of hydrogen-bond donors (Lipinski definition) is 2. The molecule has 1 fully saturated rings. The van der Waals surface area contributed by atoms with E-state index < -0.39 is 5.82 Å². The van der Waals surface area contributed by atoms with Gasteiger partial charge in [-0.05, 0) is 51.7 Å². The summed E-state index contributed by atoms with van der Waals surface area (Å²) in [5.41, 5.74) is 6.17. The van der Waals surface area contributed by atoms with Crippen LogP contribution in [0.4, 0.5) is 15.8 Å². The normalized spacial score (nSPS) is 19.7. The second-order valence-electron chi connectivity index (χ2n) is 5.78. The fourth-order valence-corrected chi connectivity index (χ4v) is 2.63. The summed E-state index contributed by atoms with van der Waals surface area (Å²) < 4.78 is 13.6. The Morgan fingerprint density at radius 2 is 2.29 bits per heavy atom. The zero-order valence-electron chi connectivity index (χ0n) is 12.6. The second kappa shape index (κ2) is 6.87. The molecule has 0 aromatic heterocycles. The fourth-order valence-electron chi connectivity index (χ4n) is 2.63. The number of nitrogens with one attached hydrogen (secondary N) is 1. The van der Waals surface area contributed by atoms with Gasteiger partial charge < -0.3 is 16.0 Å². The van der Waals surface area contributed by atoms with Crippen LogP contribution in [0.25, 0.3) is 0 Å². The molecular formula is C15H23FN4O. The number of piperidine rings is 1. The standard InChI is InChI=1S/C15H23FN4O/c1-19(2)12-4-3-7-20(9-12)10-15(21)18-14-8-11(17)5-6-13(14)16/h5-6,8,12H,3-4,7,9-10,17H2,1-2H3,(H,18,21). The number of rotatable bonds is 4. The third-order valence-electron chi connectivity index (χ3n) is 3.84. The highest BCUT2D eigenvalue weighted by Crippen LogP contribution is 2.18. The van der Waals surface area contributed by atoms with E-state index in [1.165, 1.54) is 18.2 Å². The topological polar surface area (TPSA) is 61.6 Å². The Morgan fingerprint density at radius 3 is 3.00 bits per heavy atom. The summed E-state index contributed by atoms with van der Waals surface area (Å²) >= 11 is 0. The van der Waals surface area contributed by atoms with E-state index in [1.54, 1.807) is 0 Å². The van der Waals surface area contributed by atoms with Crippen molar-refractivity contribution in [1.29, 1.82) is 0 Å². The van der Waals surface area contributed by atoms with E-state index in [9.17, 15) is 9.18 Å². The maximum absolute atomic E-state index is 13.6. The molecule has 21 heavy (non-hydrogen) atoms. The van der Waals surface area contributed by atoms with Crippen molar-refractivity contribution in [2.24, 2.45) is 0 Å². The number of nitrogens with two attached hydrogens (primary N) is 1. The van der Waals surface area contributed by atoms with E-state index in [2.05, 4.69) is 29.2 Å². The average Bonchev–Trinajstić information content (AvgIpc) is 2.43. The van der Waals surface area contributed by atoms with E-state index >= 15 is 0 Å². The lowest BCUT2D eigenvalue weighted by Gasteiger charge is -2.35. The number of nitrogen functional groups attached to an aromatic ring is 1. The lowest BCUT2D eigenvalue weighted by Crippen LogP contribution is -2.47. The largest absolute Gasteiger partial charge is 0.399 e. The first kappa shape index (κ1) is 15.7. The van der Waals surface area contributed by atoms with Crippen molar-refractivity contribution < 1.29 is 9.18 Å². The minimum Gasteiger partial charge on any atom is -0.399 e. The summed E-state index contributed by atoms with van der Waals surface area (Å²) in [6.07, 6.45) is 2.22. The van der Waals surface area contributed by atoms with Gasteiger partial charge in [-0.25, -0.2) is 4.39 Å². The summed E-state index contributed by atoms with van der Waals surface area (Å²) in [7, 11) is 4.10. The lowest BCUT2D eigenvalue weighted by atomic mass is 10.1. The monoisotopic (exact) mass is 294 g/mol. The van der Waals surface area contributed by atoms with E-state index in [1.807, 2.05) is 0 Å². The van der Waals surface area contributed by atoms with Gasteiger partial charge >= 0.3 is 0 Å². The number of benzene rings is 1. The molecule has 3 N–H and O–H groups in total. The minimum absolute atomic E-state index is 0.140. The Bertz CT molecular complexity index is 506. The summed E-state index contributed by atoms with van der Waals surface area (Å²) in [5, 5.41) is 2.59. The third-order valence-corrected chi connectivity index (χ3v) is 3.84. The minimum atomic E-state index is -0.470. The van der Waals surface area contributed by atoms with Gasteiger partial charge in [0.25, 0.3) is 0 Å². The highest BCUT2D eigenvalue weighted by Gasteiger charge is 2.23. The summed E-state index contributed by atoms with van der Waals surface area (Å²) in [5.74, 6) is -0.679. The molecule has 1 saturated heterocycles. The van der Waals surface area contributed by atoms with Crippen LogP contribution >= 0.6 is 0 Å². The number of carbonyl (C=O) groups is 1. The van der Waals surface area contributed by atoms with Crippen molar-refractivity contribution in [3.63, 3.8) is 0 Å². The Balaban J connectivity index is 1.91. The summed E-state index contributed by atoms with van der Waals surface area (Å²) in [4.78, 5) is 16.3. The SMILES string of the molecule is CN(C)C1CCCN(CC(=O)Nc2cc(N)ccc2F)C1. The van der Waals surface area contributed by atoms with Crippen LogP contribution in [0.5, 0.6) is 0 Å². The molecule has 5 nitrogen and oxygen atoms in total. The Kier molecular flexibility index (Phi) is 5.14. The van der Waals surface area contributed by atoms with Crippen LogP contribution in [0.15, 0.2) is 18.2 Å². The van der Waals surface area contributed by atoms with Gasteiger partial charge in [0.15, 0.2) is 0 Å². The molecule has 0 aliphatic carbocycles. The van der Waals surface area contributed by atoms with Gasteiger partial charge in [-0.15, -0.1) is 0 Å². The first-order chi connectivity index (χ1) is 9.95. The molecule has 0 radical (unpaired) electrons. The van der Waals surface area contributed by atoms with Crippen molar-refractivity contribution in [2.75, 3.05) is 44.8 Å². The molecule has 1 aromatic carbocycles. The Labute approximate surface area is 124 Å².